The molecule has 1 unspecified atom stereocenters. The average molecular weight is 282 g/mol. The van der Waals surface area contributed by atoms with Crippen molar-refractivity contribution in [2.75, 3.05) is 30.9 Å². The molecule has 114 valence electrons. The molecule has 0 bridgehead atoms. The van der Waals surface area contributed by atoms with E-state index in [9.17, 15) is 0 Å². The molecule has 0 saturated heterocycles. The first kappa shape index (κ1) is 16.5. The Morgan fingerprint density at radius 3 is 2.65 bits per heavy atom. The second-order valence-electron chi connectivity index (χ2n) is 4.94. The number of ether oxygens (including phenoxy) is 2. The molecule has 0 spiro atoms. The van der Waals surface area contributed by atoms with E-state index in [4.69, 9.17) is 15.2 Å². The van der Waals surface area contributed by atoms with Crippen molar-refractivity contribution in [1.82, 2.24) is 9.97 Å². The van der Waals surface area contributed by atoms with E-state index in [1.165, 1.54) is 6.33 Å². The number of nitrogen functional groups attached to an aromatic ring is 1. The summed E-state index contributed by atoms with van der Waals surface area (Å²) >= 11 is 0. The van der Waals surface area contributed by atoms with Crippen LogP contribution in [-0.4, -0.2) is 35.8 Å². The quantitative estimate of drug-likeness (QED) is 0.723. The molecule has 1 atom stereocenters. The first-order chi connectivity index (χ1) is 9.60. The van der Waals surface area contributed by atoms with E-state index >= 15 is 0 Å². The van der Waals surface area contributed by atoms with Gasteiger partial charge < -0.3 is 20.5 Å². The molecule has 1 rings (SSSR count). The lowest BCUT2D eigenvalue weighted by atomic mass is 10.1. The van der Waals surface area contributed by atoms with Crippen LogP contribution < -0.4 is 15.8 Å². The van der Waals surface area contributed by atoms with Gasteiger partial charge in [0.2, 0.25) is 5.88 Å². The molecule has 1 aromatic rings. The molecule has 1 aromatic heterocycles. The lowest BCUT2D eigenvalue weighted by molar-refractivity contribution is 0.126. The fraction of sp³-hybridized carbons (Fsp3) is 0.714. The van der Waals surface area contributed by atoms with Gasteiger partial charge in [0.1, 0.15) is 12.0 Å². The molecule has 0 aliphatic rings. The number of rotatable bonds is 9. The van der Waals surface area contributed by atoms with Gasteiger partial charge in [0.25, 0.3) is 0 Å². The van der Waals surface area contributed by atoms with Gasteiger partial charge in [0.05, 0.1) is 19.3 Å². The maximum atomic E-state index is 6.05. The van der Waals surface area contributed by atoms with Crippen molar-refractivity contribution in [3.05, 3.63) is 6.33 Å². The minimum Gasteiger partial charge on any atom is -0.476 e. The van der Waals surface area contributed by atoms with E-state index in [0.717, 1.165) is 6.42 Å². The van der Waals surface area contributed by atoms with Crippen LogP contribution in [0.4, 0.5) is 11.5 Å². The molecule has 6 nitrogen and oxygen atoms in total. The van der Waals surface area contributed by atoms with Gasteiger partial charge in [-0.2, -0.15) is 4.98 Å². The molecular formula is C14H26N4O2. The predicted molar refractivity (Wildman–Crippen MR) is 81.0 cm³/mol. The zero-order valence-electron chi connectivity index (χ0n) is 12.8. The van der Waals surface area contributed by atoms with Crippen LogP contribution in [0.25, 0.3) is 0 Å². The second kappa shape index (κ2) is 8.58. The van der Waals surface area contributed by atoms with E-state index in [0.29, 0.717) is 43.1 Å². The fourth-order valence-electron chi connectivity index (χ4n) is 1.63. The lowest BCUT2D eigenvalue weighted by Gasteiger charge is -2.23. The van der Waals surface area contributed by atoms with Crippen LogP contribution in [0.1, 0.15) is 34.1 Å². The van der Waals surface area contributed by atoms with Crippen LogP contribution in [0.3, 0.4) is 0 Å². The Morgan fingerprint density at radius 1 is 1.30 bits per heavy atom. The van der Waals surface area contributed by atoms with E-state index in [-0.39, 0.29) is 6.04 Å². The number of hydrogen-bond acceptors (Lipinski definition) is 6. The molecule has 0 saturated carbocycles. The van der Waals surface area contributed by atoms with Gasteiger partial charge in [-0.15, -0.1) is 0 Å². The largest absolute Gasteiger partial charge is 0.476 e. The minimum absolute atomic E-state index is 0.145. The summed E-state index contributed by atoms with van der Waals surface area (Å²) in [6.07, 6.45) is 2.37. The van der Waals surface area contributed by atoms with E-state index in [2.05, 4.69) is 29.1 Å². The zero-order chi connectivity index (χ0) is 15.0. The summed E-state index contributed by atoms with van der Waals surface area (Å²) in [6.45, 7) is 10.2. The molecule has 6 heteroatoms. The first-order valence-corrected chi connectivity index (χ1v) is 7.17. The van der Waals surface area contributed by atoms with Crippen molar-refractivity contribution in [3.63, 3.8) is 0 Å². The van der Waals surface area contributed by atoms with Gasteiger partial charge in [-0.25, -0.2) is 4.98 Å². The van der Waals surface area contributed by atoms with Gasteiger partial charge in [0.15, 0.2) is 5.82 Å². The predicted octanol–water partition coefficient (Wildman–Crippen LogP) is 2.32. The van der Waals surface area contributed by atoms with E-state index in [1.54, 1.807) is 0 Å². The van der Waals surface area contributed by atoms with Crippen molar-refractivity contribution in [3.8, 4) is 5.88 Å². The first-order valence-electron chi connectivity index (χ1n) is 7.17. The normalized spacial score (nSPS) is 12.4. The molecule has 0 fully saturated rings. The minimum atomic E-state index is 0.145. The Kier molecular flexibility index (Phi) is 7.08. The van der Waals surface area contributed by atoms with Crippen molar-refractivity contribution in [2.45, 2.75) is 40.2 Å². The van der Waals surface area contributed by atoms with Gasteiger partial charge >= 0.3 is 0 Å². The van der Waals surface area contributed by atoms with Gasteiger partial charge in [0, 0.05) is 6.61 Å². The third-order valence-electron chi connectivity index (χ3n) is 2.92. The molecule has 20 heavy (non-hydrogen) atoms. The van der Waals surface area contributed by atoms with Crippen LogP contribution in [0.15, 0.2) is 6.33 Å². The van der Waals surface area contributed by atoms with Crippen molar-refractivity contribution >= 4 is 11.5 Å². The topological polar surface area (TPSA) is 82.3 Å². The molecule has 0 aliphatic heterocycles. The molecule has 3 N–H and O–H groups in total. The molecule has 0 aromatic carbocycles. The Labute approximate surface area is 121 Å². The van der Waals surface area contributed by atoms with Crippen molar-refractivity contribution < 1.29 is 9.47 Å². The van der Waals surface area contributed by atoms with Crippen LogP contribution in [0, 0.1) is 5.92 Å². The standard InChI is InChI=1S/C14H26N4O2/c1-5-7-20-14-12(15)13(16-9-17-14)18-11(10(3)4)8-19-6-2/h9-11H,5-8,15H2,1-4H3,(H,16,17,18). The van der Waals surface area contributed by atoms with Gasteiger partial charge in [-0.1, -0.05) is 20.8 Å². The summed E-state index contributed by atoms with van der Waals surface area (Å²) in [7, 11) is 0. The Hall–Kier alpha value is -1.56. The number of nitrogens with one attached hydrogen (secondary N) is 1. The Morgan fingerprint density at radius 2 is 2.05 bits per heavy atom. The maximum absolute atomic E-state index is 6.05. The highest BCUT2D eigenvalue weighted by Gasteiger charge is 2.17. The molecular weight excluding hydrogens is 256 g/mol. The summed E-state index contributed by atoms with van der Waals surface area (Å²) in [4.78, 5) is 8.26. The van der Waals surface area contributed by atoms with Crippen molar-refractivity contribution in [1.29, 1.82) is 0 Å². The highest BCUT2D eigenvalue weighted by molar-refractivity contribution is 5.66. The van der Waals surface area contributed by atoms with Crippen LogP contribution >= 0.6 is 0 Å². The van der Waals surface area contributed by atoms with Crippen molar-refractivity contribution in [2.24, 2.45) is 5.92 Å². The number of hydrogen-bond donors (Lipinski definition) is 2. The molecule has 1 heterocycles. The highest BCUT2D eigenvalue weighted by atomic mass is 16.5. The Bertz CT molecular complexity index is 399. The lowest BCUT2D eigenvalue weighted by Crippen LogP contribution is -2.31. The summed E-state index contributed by atoms with van der Waals surface area (Å²) in [6, 6.07) is 0.145. The van der Waals surface area contributed by atoms with Crippen LogP contribution in [0.5, 0.6) is 5.88 Å². The maximum Gasteiger partial charge on any atom is 0.242 e. The molecule has 0 amide bonds. The fourth-order valence-corrected chi connectivity index (χ4v) is 1.63. The third kappa shape index (κ3) is 4.85. The number of nitrogens with zero attached hydrogens (tertiary/aromatic N) is 2. The van der Waals surface area contributed by atoms with E-state index in [1.807, 2.05) is 13.8 Å². The summed E-state index contributed by atoms with van der Waals surface area (Å²) in [5.41, 5.74) is 6.50. The van der Waals surface area contributed by atoms with Crippen LogP contribution in [0.2, 0.25) is 0 Å². The van der Waals surface area contributed by atoms with Gasteiger partial charge in [-0.05, 0) is 19.3 Å². The van der Waals surface area contributed by atoms with Crippen LogP contribution in [-0.2, 0) is 4.74 Å². The SMILES string of the molecule is CCCOc1ncnc(NC(COCC)C(C)C)c1N. The summed E-state index contributed by atoms with van der Waals surface area (Å²) in [5, 5.41) is 3.32. The highest BCUT2D eigenvalue weighted by Crippen LogP contribution is 2.26. The second-order valence-corrected chi connectivity index (χ2v) is 4.94. The number of nitrogens with two attached hydrogens (primary N) is 1. The number of aromatic nitrogens is 2. The zero-order valence-corrected chi connectivity index (χ0v) is 12.8. The third-order valence-corrected chi connectivity index (χ3v) is 2.92. The summed E-state index contributed by atoms with van der Waals surface area (Å²) < 4.78 is 11.0. The molecule has 0 aliphatic carbocycles. The number of anilines is 2. The van der Waals surface area contributed by atoms with E-state index < -0.39 is 0 Å². The van der Waals surface area contributed by atoms with Gasteiger partial charge in [-0.3, -0.25) is 0 Å². The Balaban J connectivity index is 2.78. The average Bonchev–Trinajstić information content (AvgIpc) is 2.43. The molecule has 0 radical (unpaired) electrons. The monoisotopic (exact) mass is 282 g/mol. The smallest absolute Gasteiger partial charge is 0.242 e. The summed E-state index contributed by atoms with van der Waals surface area (Å²) in [5.74, 6) is 1.43.